The van der Waals surface area contributed by atoms with E-state index in [-0.39, 0.29) is 22.3 Å². The van der Waals surface area contributed by atoms with Gasteiger partial charge in [0.05, 0.1) is 26.7 Å². The molecule has 0 aliphatic carbocycles. The van der Waals surface area contributed by atoms with Crippen molar-refractivity contribution in [2.24, 2.45) is 5.92 Å². The maximum Gasteiger partial charge on any atom is 0.308 e. The summed E-state index contributed by atoms with van der Waals surface area (Å²) in [5.41, 5.74) is 1.41. The van der Waals surface area contributed by atoms with Crippen molar-refractivity contribution in [3.05, 3.63) is 101 Å². The highest BCUT2D eigenvalue weighted by atomic mass is 79.9. The molecule has 13 heteroatoms. The molecule has 1 saturated heterocycles. The standard InChI is InChI=1S/C28H18BrCl2N3O5S2/c29-13-4-8-15(9-5-13)34-25(37)21-20(17-2-1-3-18(30)22(17)31)24-27(40-23(21)26(34)38)33(28(39)41-24)12-19(36)32-14-6-10-16(35)11-7-14/h1-11,20-21,23,35H,12H2,(H,32,36). The summed E-state index contributed by atoms with van der Waals surface area (Å²) >= 11 is 18.4. The van der Waals surface area contributed by atoms with Gasteiger partial charge in [-0.15, -0.1) is 0 Å². The van der Waals surface area contributed by atoms with Crippen LogP contribution in [0.3, 0.4) is 0 Å². The molecule has 1 aromatic heterocycles. The highest BCUT2D eigenvalue weighted by Gasteiger charge is 2.57. The highest BCUT2D eigenvalue weighted by Crippen LogP contribution is 2.55. The summed E-state index contributed by atoms with van der Waals surface area (Å²) in [5, 5.41) is 12.3. The first-order chi connectivity index (χ1) is 19.6. The van der Waals surface area contributed by atoms with Gasteiger partial charge in [0, 0.05) is 21.0 Å². The van der Waals surface area contributed by atoms with Gasteiger partial charge in [0.2, 0.25) is 17.7 Å². The molecule has 3 aromatic carbocycles. The molecule has 3 unspecified atom stereocenters. The zero-order chi connectivity index (χ0) is 29.0. The zero-order valence-electron chi connectivity index (χ0n) is 20.7. The predicted octanol–water partition coefficient (Wildman–Crippen LogP) is 6.12. The monoisotopic (exact) mass is 689 g/mol. The Bertz CT molecular complexity index is 1770. The summed E-state index contributed by atoms with van der Waals surface area (Å²) in [4.78, 5) is 55.3. The molecule has 3 heterocycles. The third-order valence-corrected chi connectivity index (χ3v) is 10.9. The van der Waals surface area contributed by atoms with Crippen LogP contribution in [-0.4, -0.2) is 32.6 Å². The van der Waals surface area contributed by atoms with Crippen molar-refractivity contribution in [2.75, 3.05) is 10.2 Å². The van der Waals surface area contributed by atoms with Crippen LogP contribution in [0.5, 0.6) is 5.75 Å². The fraction of sp³-hybridized carbons (Fsp3) is 0.143. The van der Waals surface area contributed by atoms with Crippen molar-refractivity contribution in [3.8, 4) is 5.75 Å². The van der Waals surface area contributed by atoms with Gasteiger partial charge in [-0.2, -0.15) is 0 Å². The number of rotatable bonds is 5. The predicted molar refractivity (Wildman–Crippen MR) is 163 cm³/mol. The topological polar surface area (TPSA) is 109 Å². The van der Waals surface area contributed by atoms with Crippen molar-refractivity contribution < 1.29 is 19.5 Å². The first kappa shape index (κ1) is 28.0. The molecule has 2 aliphatic heterocycles. The maximum atomic E-state index is 14.0. The average Bonchev–Trinajstić information content (AvgIpc) is 3.38. The first-order valence-corrected chi connectivity index (χ1v) is 15.4. The van der Waals surface area contributed by atoms with Gasteiger partial charge < -0.3 is 10.4 Å². The van der Waals surface area contributed by atoms with E-state index in [1.165, 1.54) is 33.7 Å². The number of thiazole rings is 1. The Morgan fingerprint density at radius 3 is 2.39 bits per heavy atom. The van der Waals surface area contributed by atoms with Crippen LogP contribution in [0.25, 0.3) is 0 Å². The van der Waals surface area contributed by atoms with E-state index >= 15 is 0 Å². The van der Waals surface area contributed by atoms with Gasteiger partial charge in [0.1, 0.15) is 17.5 Å². The number of nitrogens with zero attached hydrogens (tertiary/aromatic N) is 2. The molecule has 1 fully saturated rings. The van der Waals surface area contributed by atoms with E-state index in [0.29, 0.717) is 26.8 Å². The number of benzene rings is 3. The molecular weight excluding hydrogens is 673 g/mol. The Kier molecular flexibility index (Phi) is 7.50. The number of hydrogen-bond acceptors (Lipinski definition) is 7. The summed E-state index contributed by atoms with van der Waals surface area (Å²) in [5.74, 6) is -2.83. The van der Waals surface area contributed by atoms with Crippen LogP contribution in [0.2, 0.25) is 10.0 Å². The molecule has 2 N–H and O–H groups in total. The number of hydrogen-bond donors (Lipinski definition) is 2. The van der Waals surface area contributed by atoms with Crippen LogP contribution in [0.4, 0.5) is 11.4 Å². The van der Waals surface area contributed by atoms with E-state index in [0.717, 1.165) is 27.6 Å². The molecule has 8 nitrogen and oxygen atoms in total. The second kappa shape index (κ2) is 11.0. The number of anilines is 2. The minimum absolute atomic E-state index is 0.0516. The van der Waals surface area contributed by atoms with Crippen LogP contribution in [-0.2, 0) is 20.9 Å². The maximum absolute atomic E-state index is 14.0. The number of carbonyl (C=O) groups excluding carboxylic acids is 3. The fourth-order valence-electron chi connectivity index (χ4n) is 5.08. The molecule has 4 aromatic rings. The molecule has 0 radical (unpaired) electrons. The lowest BCUT2D eigenvalue weighted by Gasteiger charge is -2.31. The fourth-order valence-corrected chi connectivity index (χ4v) is 8.54. The molecule has 3 atom stereocenters. The van der Waals surface area contributed by atoms with Gasteiger partial charge in [0.25, 0.3) is 0 Å². The van der Waals surface area contributed by atoms with E-state index < -0.39 is 39.7 Å². The lowest BCUT2D eigenvalue weighted by Crippen LogP contribution is -2.33. The van der Waals surface area contributed by atoms with Crippen molar-refractivity contribution in [3.63, 3.8) is 0 Å². The van der Waals surface area contributed by atoms with Gasteiger partial charge >= 0.3 is 4.87 Å². The van der Waals surface area contributed by atoms with E-state index in [9.17, 15) is 24.3 Å². The van der Waals surface area contributed by atoms with Gasteiger partial charge in [-0.3, -0.25) is 23.7 Å². The van der Waals surface area contributed by atoms with Gasteiger partial charge in [-0.25, -0.2) is 4.90 Å². The summed E-state index contributed by atoms with van der Waals surface area (Å²) in [6.07, 6.45) is 0. The summed E-state index contributed by atoms with van der Waals surface area (Å²) in [6.45, 7) is -0.315. The van der Waals surface area contributed by atoms with E-state index in [4.69, 9.17) is 23.2 Å². The minimum Gasteiger partial charge on any atom is -0.508 e. The molecule has 0 spiro atoms. The summed E-state index contributed by atoms with van der Waals surface area (Å²) in [6, 6.07) is 17.9. The molecule has 0 saturated carbocycles. The average molecular weight is 691 g/mol. The second-order valence-electron chi connectivity index (χ2n) is 9.39. The van der Waals surface area contributed by atoms with Crippen molar-refractivity contribution >= 4 is 91.3 Å². The van der Waals surface area contributed by atoms with Gasteiger partial charge in [-0.05, 0) is 60.2 Å². The Balaban J connectivity index is 1.43. The lowest BCUT2D eigenvalue weighted by atomic mass is 9.83. The van der Waals surface area contributed by atoms with Crippen molar-refractivity contribution in [1.82, 2.24) is 4.57 Å². The number of carbonyl (C=O) groups is 3. The third-order valence-electron chi connectivity index (χ3n) is 6.90. The first-order valence-electron chi connectivity index (χ1n) is 12.2. The number of fused-ring (bicyclic) bond motifs is 2. The highest BCUT2D eigenvalue weighted by molar-refractivity contribution is 9.10. The number of aromatic nitrogens is 1. The number of halogens is 3. The molecule has 208 valence electrons. The lowest BCUT2D eigenvalue weighted by molar-refractivity contribution is -0.122. The zero-order valence-corrected chi connectivity index (χ0v) is 25.4. The molecule has 2 aliphatic rings. The smallest absolute Gasteiger partial charge is 0.308 e. The van der Waals surface area contributed by atoms with Crippen molar-refractivity contribution in [2.45, 2.75) is 22.7 Å². The quantitative estimate of drug-likeness (QED) is 0.193. The second-order valence-corrected chi connectivity index (χ2v) is 13.2. The minimum atomic E-state index is -0.862. The number of imide groups is 1. The Labute approximate surface area is 260 Å². The summed E-state index contributed by atoms with van der Waals surface area (Å²) in [7, 11) is 0. The van der Waals surface area contributed by atoms with Gasteiger partial charge in [0.15, 0.2) is 0 Å². The number of nitrogens with one attached hydrogen (secondary N) is 1. The van der Waals surface area contributed by atoms with E-state index in [1.807, 2.05) is 0 Å². The number of amides is 3. The Hall–Kier alpha value is -3.09. The van der Waals surface area contributed by atoms with E-state index in [1.54, 1.807) is 42.5 Å². The van der Waals surface area contributed by atoms with Crippen LogP contribution >= 0.6 is 62.2 Å². The summed E-state index contributed by atoms with van der Waals surface area (Å²) < 4.78 is 2.12. The van der Waals surface area contributed by atoms with Crippen LogP contribution < -0.4 is 15.1 Å². The van der Waals surface area contributed by atoms with Gasteiger partial charge in [-0.1, -0.05) is 74.4 Å². The molecular formula is C28H18BrCl2N3O5S2. The van der Waals surface area contributed by atoms with Crippen LogP contribution in [0.1, 0.15) is 16.4 Å². The number of phenols is 1. The number of phenolic OH excluding ortho intramolecular Hbond substituents is 1. The Morgan fingerprint density at radius 1 is 0.976 bits per heavy atom. The van der Waals surface area contributed by atoms with Crippen molar-refractivity contribution in [1.29, 1.82) is 0 Å². The van der Waals surface area contributed by atoms with E-state index in [2.05, 4.69) is 21.2 Å². The molecule has 0 bridgehead atoms. The molecule has 3 amide bonds. The number of aromatic hydroxyl groups is 1. The molecule has 41 heavy (non-hydrogen) atoms. The number of thioether (sulfide) groups is 1. The SMILES string of the molecule is O=C(Cn1c2c(sc1=O)C(c1cccc(Cl)c1Cl)C1C(=O)N(c3ccc(Br)cc3)C(=O)C1S2)Nc1ccc(O)cc1. The molecule has 6 rings (SSSR count). The van der Waals surface area contributed by atoms with Crippen LogP contribution in [0.15, 0.2) is 81.0 Å². The largest absolute Gasteiger partial charge is 0.508 e. The Morgan fingerprint density at radius 2 is 1.68 bits per heavy atom. The normalized spacial score (nSPS) is 19.7. The van der Waals surface area contributed by atoms with Crippen LogP contribution in [0, 0.1) is 5.92 Å². The third kappa shape index (κ3) is 4.99.